The second-order valence-corrected chi connectivity index (χ2v) is 8.40. The van der Waals surface area contributed by atoms with Crippen LogP contribution in [-0.2, 0) is 0 Å². The Hall–Kier alpha value is 0.660. The zero-order valence-electron chi connectivity index (χ0n) is 10.5. The monoisotopic (exact) mass is 247 g/mol. The maximum Gasteiger partial charge on any atom is 0.0161 e. The molecule has 0 aromatic heterocycles. The van der Waals surface area contributed by atoms with Gasteiger partial charge in [0.2, 0.25) is 0 Å². The summed E-state index contributed by atoms with van der Waals surface area (Å²) in [5.74, 6) is 3.90. The quantitative estimate of drug-likeness (QED) is 0.818. The van der Waals surface area contributed by atoms with Crippen LogP contribution in [0.1, 0.15) is 40.5 Å². The van der Waals surface area contributed by atoms with Crippen LogP contribution in [0.4, 0.5) is 0 Å². The molecule has 1 aliphatic heterocycles. The summed E-state index contributed by atoms with van der Waals surface area (Å²) in [7, 11) is 0. The van der Waals surface area contributed by atoms with E-state index in [0.717, 1.165) is 6.04 Å². The summed E-state index contributed by atoms with van der Waals surface area (Å²) >= 11 is 4.16. The highest BCUT2D eigenvalue weighted by Crippen LogP contribution is 2.24. The van der Waals surface area contributed by atoms with Crippen molar-refractivity contribution < 1.29 is 0 Å². The van der Waals surface area contributed by atoms with Crippen molar-refractivity contribution in [1.29, 1.82) is 0 Å². The molecule has 1 fully saturated rings. The molecule has 0 aliphatic carbocycles. The Balaban J connectivity index is 2.14. The van der Waals surface area contributed by atoms with Crippen molar-refractivity contribution >= 4 is 23.5 Å². The van der Waals surface area contributed by atoms with E-state index in [2.05, 4.69) is 56.5 Å². The molecular formula is C12H25NS2. The standard InChI is InChI=1S/C12H25NS2/c1-10(8-15-12(2,3)4)13-11-6-5-7-14-9-11/h10-11,13H,5-9H2,1-4H3. The molecule has 1 heterocycles. The van der Waals surface area contributed by atoms with Crippen molar-refractivity contribution in [3.8, 4) is 0 Å². The smallest absolute Gasteiger partial charge is 0.0161 e. The van der Waals surface area contributed by atoms with Crippen molar-refractivity contribution in [2.75, 3.05) is 17.3 Å². The van der Waals surface area contributed by atoms with E-state index >= 15 is 0 Å². The summed E-state index contributed by atoms with van der Waals surface area (Å²) in [4.78, 5) is 0. The third-order valence-corrected chi connectivity index (χ3v) is 5.19. The molecule has 0 amide bonds. The van der Waals surface area contributed by atoms with Crippen LogP contribution in [0.3, 0.4) is 0 Å². The zero-order chi connectivity index (χ0) is 11.3. The number of hydrogen-bond donors (Lipinski definition) is 1. The van der Waals surface area contributed by atoms with Gasteiger partial charge in [0, 0.05) is 28.3 Å². The molecular weight excluding hydrogens is 222 g/mol. The number of thioether (sulfide) groups is 2. The largest absolute Gasteiger partial charge is 0.310 e. The lowest BCUT2D eigenvalue weighted by Crippen LogP contribution is -2.41. The van der Waals surface area contributed by atoms with Gasteiger partial charge in [0.25, 0.3) is 0 Å². The lowest BCUT2D eigenvalue weighted by Gasteiger charge is -2.28. The van der Waals surface area contributed by atoms with E-state index < -0.39 is 0 Å². The number of nitrogens with one attached hydrogen (secondary N) is 1. The van der Waals surface area contributed by atoms with E-state index in [9.17, 15) is 0 Å². The van der Waals surface area contributed by atoms with Gasteiger partial charge < -0.3 is 5.32 Å². The average molecular weight is 247 g/mol. The summed E-state index contributed by atoms with van der Waals surface area (Å²) < 4.78 is 0.400. The van der Waals surface area contributed by atoms with Gasteiger partial charge in [0.1, 0.15) is 0 Å². The number of hydrogen-bond acceptors (Lipinski definition) is 3. The second kappa shape index (κ2) is 6.41. The van der Waals surface area contributed by atoms with Gasteiger partial charge in [-0.15, -0.1) is 0 Å². The minimum Gasteiger partial charge on any atom is -0.310 e. The van der Waals surface area contributed by atoms with Gasteiger partial charge in [0.15, 0.2) is 0 Å². The molecule has 0 aromatic rings. The fourth-order valence-electron chi connectivity index (χ4n) is 1.70. The molecule has 15 heavy (non-hydrogen) atoms. The van der Waals surface area contributed by atoms with Crippen LogP contribution < -0.4 is 5.32 Å². The first-order valence-electron chi connectivity index (χ1n) is 5.95. The van der Waals surface area contributed by atoms with Crippen molar-refractivity contribution in [3.05, 3.63) is 0 Å². The highest BCUT2D eigenvalue weighted by molar-refractivity contribution is 8.00. The van der Waals surface area contributed by atoms with Crippen molar-refractivity contribution in [1.82, 2.24) is 5.32 Å². The zero-order valence-corrected chi connectivity index (χ0v) is 12.1. The fourth-order valence-corrected chi connectivity index (χ4v) is 3.63. The summed E-state index contributed by atoms with van der Waals surface area (Å²) in [6.07, 6.45) is 2.76. The molecule has 1 N–H and O–H groups in total. The van der Waals surface area contributed by atoms with Crippen LogP contribution in [0.15, 0.2) is 0 Å². The lowest BCUT2D eigenvalue weighted by molar-refractivity contribution is 0.465. The Labute approximate surface area is 104 Å². The van der Waals surface area contributed by atoms with E-state index in [-0.39, 0.29) is 0 Å². The van der Waals surface area contributed by atoms with Gasteiger partial charge in [0.05, 0.1) is 0 Å². The molecule has 0 aromatic carbocycles. The summed E-state index contributed by atoms with van der Waals surface area (Å²) in [5, 5.41) is 3.75. The molecule has 1 aliphatic rings. The molecule has 0 radical (unpaired) electrons. The minimum absolute atomic E-state index is 0.400. The van der Waals surface area contributed by atoms with Crippen LogP contribution in [0.25, 0.3) is 0 Å². The molecule has 1 saturated heterocycles. The molecule has 90 valence electrons. The molecule has 3 heteroatoms. The van der Waals surface area contributed by atoms with Crippen LogP contribution in [0.2, 0.25) is 0 Å². The maximum absolute atomic E-state index is 3.75. The SMILES string of the molecule is CC(CSC(C)(C)C)NC1CCCSC1. The molecule has 0 spiro atoms. The Morgan fingerprint density at radius 3 is 2.73 bits per heavy atom. The maximum atomic E-state index is 3.75. The van der Waals surface area contributed by atoms with Crippen LogP contribution in [0, 0.1) is 0 Å². The van der Waals surface area contributed by atoms with Crippen molar-refractivity contribution in [3.63, 3.8) is 0 Å². The van der Waals surface area contributed by atoms with E-state index in [1.807, 2.05) is 0 Å². The Morgan fingerprint density at radius 1 is 1.47 bits per heavy atom. The minimum atomic E-state index is 0.400. The predicted molar refractivity (Wildman–Crippen MR) is 75.2 cm³/mol. The van der Waals surface area contributed by atoms with Gasteiger partial charge in [-0.1, -0.05) is 20.8 Å². The van der Waals surface area contributed by atoms with Crippen molar-refractivity contribution in [2.45, 2.75) is 57.4 Å². The summed E-state index contributed by atoms with van der Waals surface area (Å²) in [6, 6.07) is 1.41. The third-order valence-electron chi connectivity index (χ3n) is 2.45. The van der Waals surface area contributed by atoms with Crippen LogP contribution >= 0.6 is 23.5 Å². The topological polar surface area (TPSA) is 12.0 Å². The first-order chi connectivity index (χ1) is 6.97. The molecule has 1 nitrogen and oxygen atoms in total. The highest BCUT2D eigenvalue weighted by atomic mass is 32.2. The molecule has 2 atom stereocenters. The highest BCUT2D eigenvalue weighted by Gasteiger charge is 2.17. The van der Waals surface area contributed by atoms with Gasteiger partial charge in [-0.05, 0) is 25.5 Å². The van der Waals surface area contributed by atoms with Crippen molar-refractivity contribution in [2.24, 2.45) is 0 Å². The van der Waals surface area contributed by atoms with E-state index in [0.29, 0.717) is 10.8 Å². The lowest BCUT2D eigenvalue weighted by atomic mass is 10.1. The van der Waals surface area contributed by atoms with E-state index in [4.69, 9.17) is 0 Å². The van der Waals surface area contributed by atoms with Gasteiger partial charge in [-0.3, -0.25) is 0 Å². The molecule has 0 bridgehead atoms. The summed E-state index contributed by atoms with van der Waals surface area (Å²) in [6.45, 7) is 9.19. The van der Waals surface area contributed by atoms with Gasteiger partial charge in [-0.25, -0.2) is 0 Å². The summed E-state index contributed by atoms with van der Waals surface area (Å²) in [5.41, 5.74) is 0. The average Bonchev–Trinajstić information content (AvgIpc) is 2.15. The van der Waals surface area contributed by atoms with Crippen LogP contribution in [-0.4, -0.2) is 34.1 Å². The first kappa shape index (κ1) is 13.7. The number of rotatable bonds is 4. The Bertz CT molecular complexity index is 171. The Kier molecular flexibility index (Phi) is 5.86. The second-order valence-electron chi connectivity index (χ2n) is 5.41. The molecule has 2 unspecified atom stereocenters. The van der Waals surface area contributed by atoms with Gasteiger partial charge >= 0.3 is 0 Å². The third kappa shape index (κ3) is 6.75. The molecule has 1 rings (SSSR count). The fraction of sp³-hybridized carbons (Fsp3) is 1.00. The van der Waals surface area contributed by atoms with Crippen LogP contribution in [0.5, 0.6) is 0 Å². The Morgan fingerprint density at radius 2 is 2.20 bits per heavy atom. The van der Waals surface area contributed by atoms with E-state index in [1.165, 1.54) is 30.1 Å². The normalized spacial score (nSPS) is 25.2. The van der Waals surface area contributed by atoms with E-state index in [1.54, 1.807) is 0 Å². The predicted octanol–water partition coefficient (Wildman–Crippen LogP) is 3.39. The van der Waals surface area contributed by atoms with Gasteiger partial charge in [-0.2, -0.15) is 23.5 Å². The first-order valence-corrected chi connectivity index (χ1v) is 8.09. The molecule has 0 saturated carbocycles.